The number of carbonyl (C=O) groups is 1. The van der Waals surface area contributed by atoms with Crippen LogP contribution < -0.4 is 4.74 Å². The summed E-state index contributed by atoms with van der Waals surface area (Å²) in [5, 5.41) is 0.401. The maximum Gasteiger partial charge on any atom is 0.165 e. The van der Waals surface area contributed by atoms with Crippen molar-refractivity contribution in [3.63, 3.8) is 0 Å². The van der Waals surface area contributed by atoms with E-state index in [4.69, 9.17) is 27.9 Å². The Morgan fingerprint density at radius 1 is 1.20 bits per heavy atom. The maximum absolute atomic E-state index is 13.5. The van der Waals surface area contributed by atoms with Crippen molar-refractivity contribution in [2.75, 3.05) is 0 Å². The van der Waals surface area contributed by atoms with Crippen LogP contribution in [0.25, 0.3) is 0 Å². The van der Waals surface area contributed by atoms with E-state index < -0.39 is 11.6 Å². The average Bonchev–Trinajstić information content (AvgIpc) is 2.41. The van der Waals surface area contributed by atoms with Crippen molar-refractivity contribution in [3.8, 4) is 5.75 Å². The molecule has 0 unspecified atom stereocenters. The zero-order chi connectivity index (χ0) is 14.7. The molecule has 0 aliphatic heterocycles. The Labute approximate surface area is 123 Å². The highest BCUT2D eigenvalue weighted by molar-refractivity contribution is 6.36. The van der Waals surface area contributed by atoms with Gasteiger partial charge in [0.1, 0.15) is 12.4 Å². The number of ether oxygens (including phenoxy) is 1. The van der Waals surface area contributed by atoms with Crippen LogP contribution in [0.2, 0.25) is 10.0 Å². The third-order valence-corrected chi connectivity index (χ3v) is 3.07. The van der Waals surface area contributed by atoms with Crippen molar-refractivity contribution in [1.82, 2.24) is 0 Å². The topological polar surface area (TPSA) is 26.3 Å². The first-order valence-corrected chi connectivity index (χ1v) is 6.28. The minimum Gasteiger partial charge on any atom is -0.486 e. The van der Waals surface area contributed by atoms with Crippen LogP contribution >= 0.6 is 23.2 Å². The van der Waals surface area contributed by atoms with E-state index >= 15 is 0 Å². The number of aldehydes is 1. The number of benzene rings is 2. The number of hydrogen-bond donors (Lipinski definition) is 0. The molecular formula is C14H8Cl2F2O2. The molecule has 0 N–H and O–H groups in total. The molecular weight excluding hydrogens is 309 g/mol. The molecule has 2 aromatic rings. The SMILES string of the molecule is O=Cc1cc(Cl)cc(Cl)c1OCc1cccc(F)c1F. The van der Waals surface area contributed by atoms with Crippen LogP contribution in [0.4, 0.5) is 8.78 Å². The van der Waals surface area contributed by atoms with Gasteiger partial charge in [-0.3, -0.25) is 4.79 Å². The van der Waals surface area contributed by atoms with Gasteiger partial charge in [-0.15, -0.1) is 0 Å². The lowest BCUT2D eigenvalue weighted by Gasteiger charge is -2.11. The van der Waals surface area contributed by atoms with E-state index in [2.05, 4.69) is 0 Å². The van der Waals surface area contributed by atoms with E-state index in [0.29, 0.717) is 6.29 Å². The summed E-state index contributed by atoms with van der Waals surface area (Å²) in [5.41, 5.74) is 0.159. The van der Waals surface area contributed by atoms with Crippen molar-refractivity contribution in [2.24, 2.45) is 0 Å². The van der Waals surface area contributed by atoms with E-state index in [9.17, 15) is 13.6 Å². The molecule has 0 spiro atoms. The second kappa shape index (κ2) is 6.20. The van der Waals surface area contributed by atoms with Gasteiger partial charge in [0, 0.05) is 10.6 Å². The van der Waals surface area contributed by atoms with E-state index in [-0.39, 0.29) is 33.5 Å². The fourth-order valence-electron chi connectivity index (χ4n) is 1.63. The van der Waals surface area contributed by atoms with E-state index in [1.807, 2.05) is 0 Å². The summed E-state index contributed by atoms with van der Waals surface area (Å²) in [6.07, 6.45) is 0.523. The molecule has 0 atom stereocenters. The van der Waals surface area contributed by atoms with Gasteiger partial charge in [-0.05, 0) is 18.2 Å². The van der Waals surface area contributed by atoms with Crippen LogP contribution in [-0.4, -0.2) is 6.29 Å². The highest BCUT2D eigenvalue weighted by Crippen LogP contribution is 2.32. The summed E-state index contributed by atoms with van der Waals surface area (Å²) in [6.45, 7) is -0.258. The van der Waals surface area contributed by atoms with E-state index in [1.165, 1.54) is 24.3 Å². The smallest absolute Gasteiger partial charge is 0.165 e. The molecule has 0 fully saturated rings. The van der Waals surface area contributed by atoms with Gasteiger partial charge in [0.25, 0.3) is 0 Å². The third kappa shape index (κ3) is 3.08. The molecule has 0 heterocycles. The summed E-state index contributed by atoms with van der Waals surface area (Å²) >= 11 is 11.7. The van der Waals surface area contributed by atoms with Crippen LogP contribution in [0, 0.1) is 11.6 Å². The summed E-state index contributed by atoms with van der Waals surface area (Å²) in [4.78, 5) is 10.9. The first kappa shape index (κ1) is 14.8. The first-order chi connectivity index (χ1) is 9.52. The van der Waals surface area contributed by atoms with E-state index in [0.717, 1.165) is 6.07 Å². The molecule has 0 bridgehead atoms. The van der Waals surface area contributed by atoms with Gasteiger partial charge in [-0.25, -0.2) is 8.78 Å². The van der Waals surface area contributed by atoms with Crippen molar-refractivity contribution in [1.29, 1.82) is 0 Å². The number of carbonyl (C=O) groups excluding carboxylic acids is 1. The lowest BCUT2D eigenvalue weighted by molar-refractivity contribution is 0.111. The molecule has 20 heavy (non-hydrogen) atoms. The Hall–Kier alpha value is -1.65. The fraction of sp³-hybridized carbons (Fsp3) is 0.0714. The molecule has 0 aromatic heterocycles. The van der Waals surface area contributed by atoms with Gasteiger partial charge in [-0.2, -0.15) is 0 Å². The molecule has 0 saturated carbocycles. The minimum atomic E-state index is -0.995. The molecule has 2 rings (SSSR count). The molecule has 0 aliphatic rings. The van der Waals surface area contributed by atoms with Gasteiger partial charge >= 0.3 is 0 Å². The van der Waals surface area contributed by atoms with Crippen LogP contribution in [-0.2, 0) is 6.61 Å². The monoisotopic (exact) mass is 316 g/mol. The minimum absolute atomic E-state index is 0.0212. The van der Waals surface area contributed by atoms with Gasteiger partial charge in [-0.1, -0.05) is 35.3 Å². The van der Waals surface area contributed by atoms with Gasteiger partial charge in [0.05, 0.1) is 10.6 Å². The Morgan fingerprint density at radius 3 is 2.65 bits per heavy atom. The zero-order valence-corrected chi connectivity index (χ0v) is 11.5. The first-order valence-electron chi connectivity index (χ1n) is 5.53. The second-order valence-electron chi connectivity index (χ2n) is 3.93. The van der Waals surface area contributed by atoms with Crippen LogP contribution in [0.1, 0.15) is 15.9 Å². The second-order valence-corrected chi connectivity index (χ2v) is 4.77. The predicted molar refractivity (Wildman–Crippen MR) is 72.5 cm³/mol. The zero-order valence-electron chi connectivity index (χ0n) is 10.00. The highest BCUT2D eigenvalue weighted by Gasteiger charge is 2.13. The number of rotatable bonds is 4. The normalized spacial score (nSPS) is 10.4. The van der Waals surface area contributed by atoms with Gasteiger partial charge in [0.2, 0.25) is 0 Å². The van der Waals surface area contributed by atoms with Gasteiger partial charge < -0.3 is 4.74 Å². The Balaban J connectivity index is 2.27. The number of hydrogen-bond acceptors (Lipinski definition) is 2. The maximum atomic E-state index is 13.5. The fourth-order valence-corrected chi connectivity index (χ4v) is 2.19. The lowest BCUT2D eigenvalue weighted by atomic mass is 10.2. The highest BCUT2D eigenvalue weighted by atomic mass is 35.5. The molecule has 2 aromatic carbocycles. The Kier molecular flexibility index (Phi) is 4.57. The summed E-state index contributed by atoms with van der Waals surface area (Å²) < 4.78 is 31.8. The summed E-state index contributed by atoms with van der Waals surface area (Å²) in [5.74, 6) is -1.89. The van der Waals surface area contributed by atoms with Crippen molar-refractivity contribution >= 4 is 29.5 Å². The lowest BCUT2D eigenvalue weighted by Crippen LogP contribution is -2.02. The van der Waals surface area contributed by atoms with Crippen molar-refractivity contribution in [3.05, 3.63) is 63.1 Å². The van der Waals surface area contributed by atoms with Crippen molar-refractivity contribution < 1.29 is 18.3 Å². The molecule has 0 saturated heterocycles. The Bertz CT molecular complexity index is 660. The average molecular weight is 317 g/mol. The molecule has 0 amide bonds. The van der Waals surface area contributed by atoms with Crippen LogP contribution in [0.5, 0.6) is 5.75 Å². The van der Waals surface area contributed by atoms with Crippen LogP contribution in [0.15, 0.2) is 30.3 Å². The largest absolute Gasteiger partial charge is 0.486 e. The molecule has 0 aliphatic carbocycles. The third-order valence-electron chi connectivity index (χ3n) is 2.57. The van der Waals surface area contributed by atoms with E-state index in [1.54, 1.807) is 0 Å². The molecule has 104 valence electrons. The molecule has 2 nitrogen and oxygen atoms in total. The Morgan fingerprint density at radius 2 is 1.95 bits per heavy atom. The molecule has 6 heteroatoms. The van der Waals surface area contributed by atoms with Gasteiger partial charge in [0.15, 0.2) is 17.9 Å². The van der Waals surface area contributed by atoms with Crippen LogP contribution in [0.3, 0.4) is 0 Å². The quantitative estimate of drug-likeness (QED) is 0.767. The summed E-state index contributed by atoms with van der Waals surface area (Å²) in [7, 11) is 0. The standard InChI is InChI=1S/C14H8Cl2F2O2/c15-10-4-9(6-19)14(11(16)5-10)20-7-8-2-1-3-12(17)13(8)18/h1-6H,7H2. The van der Waals surface area contributed by atoms with Crippen molar-refractivity contribution in [2.45, 2.75) is 6.61 Å². The predicted octanol–water partition coefficient (Wildman–Crippen LogP) is 4.66. The summed E-state index contributed by atoms with van der Waals surface area (Å²) in [6, 6.07) is 6.51. The molecule has 0 radical (unpaired) electrons. The number of halogens is 4.